The zero-order chi connectivity index (χ0) is 21.4. The van der Waals surface area contributed by atoms with Crippen LogP contribution in [-0.2, 0) is 17.8 Å². The third-order valence-electron chi connectivity index (χ3n) is 6.16. The number of amides is 2. The van der Waals surface area contributed by atoms with Gasteiger partial charge in [-0.25, -0.2) is 9.97 Å². The van der Waals surface area contributed by atoms with Gasteiger partial charge < -0.3 is 14.8 Å². The Kier molecular flexibility index (Phi) is 4.77. The average Bonchev–Trinajstić information content (AvgIpc) is 3.32. The van der Waals surface area contributed by atoms with Gasteiger partial charge in [0.25, 0.3) is 11.8 Å². The maximum absolute atomic E-state index is 13.0. The number of nitrogens with zero attached hydrogens (tertiary/aromatic N) is 5. The summed E-state index contributed by atoms with van der Waals surface area (Å²) in [5, 5.41) is 2.78. The highest BCUT2D eigenvalue weighted by Gasteiger charge is 2.45. The molecule has 1 saturated heterocycles. The van der Waals surface area contributed by atoms with Crippen LogP contribution in [0.4, 0.5) is 0 Å². The van der Waals surface area contributed by atoms with Gasteiger partial charge in [-0.2, -0.15) is 0 Å². The van der Waals surface area contributed by atoms with Crippen LogP contribution >= 0.6 is 0 Å². The van der Waals surface area contributed by atoms with Crippen LogP contribution in [0.3, 0.4) is 0 Å². The summed E-state index contributed by atoms with van der Waals surface area (Å²) in [5.41, 5.74) is 2.56. The molecule has 0 atom stereocenters. The van der Waals surface area contributed by atoms with E-state index in [-0.39, 0.29) is 11.8 Å². The molecule has 31 heavy (non-hydrogen) atoms. The SMILES string of the molecule is CC1=NC2(CCN(C(=O)c3cnc4c(c3)ncn4CCc3ccccc3)CC2)C(=O)N1. The van der Waals surface area contributed by atoms with Crippen LogP contribution in [0.1, 0.15) is 35.7 Å². The maximum Gasteiger partial charge on any atom is 0.255 e. The first-order valence-electron chi connectivity index (χ1n) is 10.6. The van der Waals surface area contributed by atoms with E-state index in [0.29, 0.717) is 42.8 Å². The molecule has 5 rings (SSSR count). The molecule has 2 aliphatic rings. The Morgan fingerprint density at radius 3 is 2.65 bits per heavy atom. The van der Waals surface area contributed by atoms with Crippen LogP contribution in [0.15, 0.2) is 53.9 Å². The highest BCUT2D eigenvalue weighted by atomic mass is 16.2. The third kappa shape index (κ3) is 3.58. The number of hydrogen-bond acceptors (Lipinski definition) is 5. The summed E-state index contributed by atoms with van der Waals surface area (Å²) in [6.45, 7) is 3.56. The van der Waals surface area contributed by atoms with Crippen LogP contribution in [0.2, 0.25) is 0 Å². The Morgan fingerprint density at radius 1 is 1.16 bits per heavy atom. The predicted octanol–water partition coefficient (Wildman–Crippen LogP) is 2.20. The molecule has 2 aliphatic heterocycles. The number of carbonyl (C=O) groups is 2. The van der Waals surface area contributed by atoms with Gasteiger partial charge in [0.2, 0.25) is 0 Å². The number of benzene rings is 1. The largest absolute Gasteiger partial charge is 0.338 e. The van der Waals surface area contributed by atoms with Gasteiger partial charge in [-0.15, -0.1) is 0 Å². The summed E-state index contributed by atoms with van der Waals surface area (Å²) >= 11 is 0. The Bertz CT molecular complexity index is 1180. The highest BCUT2D eigenvalue weighted by Crippen LogP contribution is 2.30. The lowest BCUT2D eigenvalue weighted by Gasteiger charge is -2.35. The summed E-state index contributed by atoms with van der Waals surface area (Å²) in [6.07, 6.45) is 5.36. The first-order chi connectivity index (χ1) is 15.0. The van der Waals surface area contributed by atoms with Gasteiger partial charge >= 0.3 is 0 Å². The minimum absolute atomic E-state index is 0.0544. The fourth-order valence-corrected chi connectivity index (χ4v) is 4.41. The molecule has 2 aromatic heterocycles. The van der Waals surface area contributed by atoms with Gasteiger partial charge in [0.1, 0.15) is 16.9 Å². The van der Waals surface area contributed by atoms with Gasteiger partial charge in [-0.3, -0.25) is 14.6 Å². The molecule has 0 aliphatic carbocycles. The first kappa shape index (κ1) is 19.4. The molecular weight excluding hydrogens is 392 g/mol. The van der Waals surface area contributed by atoms with E-state index in [1.165, 1.54) is 5.56 Å². The number of likely N-dealkylation sites (tertiary alicyclic amines) is 1. The molecule has 1 fully saturated rings. The molecular formula is C23H24N6O2. The van der Waals surface area contributed by atoms with Crippen molar-refractivity contribution < 1.29 is 9.59 Å². The van der Waals surface area contributed by atoms with Gasteiger partial charge in [-0.05, 0) is 37.8 Å². The van der Waals surface area contributed by atoms with Crippen LogP contribution in [-0.4, -0.2) is 55.7 Å². The Hall–Kier alpha value is -3.55. The lowest BCUT2D eigenvalue weighted by Crippen LogP contribution is -2.50. The molecule has 158 valence electrons. The van der Waals surface area contributed by atoms with Crippen molar-refractivity contribution >= 4 is 28.8 Å². The quantitative estimate of drug-likeness (QED) is 0.706. The van der Waals surface area contributed by atoms with Crippen LogP contribution in [0.25, 0.3) is 11.2 Å². The molecule has 0 bridgehead atoms. The van der Waals surface area contributed by atoms with Crippen molar-refractivity contribution in [3.8, 4) is 0 Å². The fraction of sp³-hybridized carbons (Fsp3) is 0.348. The number of aryl methyl sites for hydroxylation is 2. The highest BCUT2D eigenvalue weighted by molar-refractivity contribution is 6.07. The van der Waals surface area contributed by atoms with Crippen molar-refractivity contribution in [1.29, 1.82) is 0 Å². The summed E-state index contributed by atoms with van der Waals surface area (Å²) < 4.78 is 2.01. The number of aromatic nitrogens is 3. The molecule has 0 radical (unpaired) electrons. The molecule has 0 unspecified atom stereocenters. The van der Waals surface area contributed by atoms with Gasteiger partial charge in [0.05, 0.1) is 11.9 Å². The van der Waals surface area contributed by atoms with E-state index in [1.54, 1.807) is 30.4 Å². The molecule has 2 amide bonds. The lowest BCUT2D eigenvalue weighted by atomic mass is 9.88. The summed E-state index contributed by atoms with van der Waals surface area (Å²) in [4.78, 5) is 40.5. The van der Waals surface area contributed by atoms with Crippen molar-refractivity contribution in [2.75, 3.05) is 13.1 Å². The van der Waals surface area contributed by atoms with E-state index in [2.05, 4.69) is 32.4 Å². The summed E-state index contributed by atoms with van der Waals surface area (Å²) in [7, 11) is 0. The minimum atomic E-state index is -0.708. The molecule has 1 N–H and O–H groups in total. The van der Waals surface area contributed by atoms with E-state index in [1.807, 2.05) is 22.8 Å². The van der Waals surface area contributed by atoms with E-state index in [9.17, 15) is 9.59 Å². The van der Waals surface area contributed by atoms with Gasteiger partial charge in [-0.1, -0.05) is 30.3 Å². The number of hydrogen-bond donors (Lipinski definition) is 1. The lowest BCUT2D eigenvalue weighted by molar-refractivity contribution is -0.125. The maximum atomic E-state index is 13.0. The van der Waals surface area contributed by atoms with Crippen molar-refractivity contribution in [2.24, 2.45) is 4.99 Å². The topological polar surface area (TPSA) is 92.5 Å². The molecule has 0 saturated carbocycles. The van der Waals surface area contributed by atoms with Crippen LogP contribution < -0.4 is 5.32 Å². The number of fused-ring (bicyclic) bond motifs is 1. The molecule has 8 nitrogen and oxygen atoms in total. The second-order valence-electron chi connectivity index (χ2n) is 8.22. The smallest absolute Gasteiger partial charge is 0.255 e. The zero-order valence-electron chi connectivity index (χ0n) is 17.4. The van der Waals surface area contributed by atoms with Gasteiger partial charge in [0.15, 0.2) is 5.65 Å². The summed E-state index contributed by atoms with van der Waals surface area (Å²) in [6, 6.07) is 12.1. The molecule has 3 aromatic rings. The Morgan fingerprint density at radius 2 is 1.94 bits per heavy atom. The monoisotopic (exact) mass is 416 g/mol. The van der Waals surface area contributed by atoms with Crippen molar-refractivity contribution in [1.82, 2.24) is 24.8 Å². The Balaban J connectivity index is 1.28. The number of aliphatic imine (C=N–C) groups is 1. The third-order valence-corrected chi connectivity index (χ3v) is 6.16. The second-order valence-corrected chi connectivity index (χ2v) is 8.22. The van der Waals surface area contributed by atoms with Crippen molar-refractivity contribution in [2.45, 2.75) is 38.3 Å². The fourth-order valence-electron chi connectivity index (χ4n) is 4.41. The number of nitrogens with one attached hydrogen (secondary N) is 1. The van der Waals surface area contributed by atoms with Crippen LogP contribution in [0.5, 0.6) is 0 Å². The van der Waals surface area contributed by atoms with Crippen LogP contribution in [0, 0.1) is 0 Å². The number of rotatable bonds is 4. The zero-order valence-corrected chi connectivity index (χ0v) is 17.4. The molecule has 8 heteroatoms. The molecule has 4 heterocycles. The number of amidine groups is 1. The molecule has 1 spiro atoms. The van der Waals surface area contributed by atoms with E-state index < -0.39 is 5.54 Å². The van der Waals surface area contributed by atoms with Crippen molar-refractivity contribution in [3.63, 3.8) is 0 Å². The second kappa shape index (κ2) is 7.61. The normalized spacial score (nSPS) is 17.8. The Labute approximate surface area is 180 Å². The standard InChI is InChI=1S/C23H24N6O2/c1-16-26-22(31)23(27-16)8-11-28(12-9-23)21(30)18-13-19-20(24-14-18)29(15-25-19)10-7-17-5-3-2-4-6-17/h2-6,13-15H,7-12H2,1H3,(H,26,27,31). The van der Waals surface area contributed by atoms with E-state index in [4.69, 9.17) is 0 Å². The number of piperidine rings is 1. The minimum Gasteiger partial charge on any atom is -0.338 e. The number of imidazole rings is 1. The summed E-state index contributed by atoms with van der Waals surface area (Å²) in [5.74, 6) is 0.519. The molecule has 1 aromatic carbocycles. The number of pyridine rings is 1. The van der Waals surface area contributed by atoms with Crippen molar-refractivity contribution in [3.05, 3.63) is 60.0 Å². The average molecular weight is 416 g/mol. The van der Waals surface area contributed by atoms with E-state index in [0.717, 1.165) is 18.6 Å². The predicted molar refractivity (Wildman–Crippen MR) is 117 cm³/mol. The van der Waals surface area contributed by atoms with E-state index >= 15 is 0 Å². The number of carbonyl (C=O) groups excluding carboxylic acids is 2. The first-order valence-corrected chi connectivity index (χ1v) is 10.6. The van der Waals surface area contributed by atoms with Gasteiger partial charge in [0, 0.05) is 25.8 Å².